The number of aromatic nitrogens is 16. The first-order valence-corrected chi connectivity index (χ1v) is 45.8. The summed E-state index contributed by atoms with van der Waals surface area (Å²) in [5.41, 5.74) is 26.6. The van der Waals surface area contributed by atoms with E-state index in [0.29, 0.717) is 92.1 Å². The molecule has 0 aliphatic rings. The third kappa shape index (κ3) is 17.3. The number of hydrogen-bond acceptors (Lipinski definition) is 16. The Bertz CT molecular complexity index is 8610. The first-order chi connectivity index (χ1) is 66.5. The van der Waals surface area contributed by atoms with Gasteiger partial charge in [-0.2, -0.15) is 21.0 Å². The second kappa shape index (κ2) is 36.3. The van der Waals surface area contributed by atoms with Crippen LogP contribution in [0.4, 0.5) is 0 Å². The quantitative estimate of drug-likeness (QED) is 0.123. The molecule has 0 saturated heterocycles. The molecule has 20 heteroatoms. The van der Waals surface area contributed by atoms with Crippen LogP contribution in [0.15, 0.2) is 291 Å². The molecule has 0 N–H and O–H groups in total. The van der Waals surface area contributed by atoms with Crippen molar-refractivity contribution in [3.8, 4) is 115 Å². The van der Waals surface area contributed by atoms with Gasteiger partial charge in [-0.15, -0.1) is 0 Å². The predicted molar refractivity (Wildman–Crippen MR) is 553 cm³/mol. The molecule has 0 saturated carbocycles. The molecular formula is C118H96N20. The van der Waals surface area contributed by atoms with E-state index in [0.717, 1.165) is 122 Å². The van der Waals surface area contributed by atoms with Gasteiger partial charge in [0.2, 0.25) is 0 Å². The van der Waals surface area contributed by atoms with Crippen molar-refractivity contribution >= 4 is 87.2 Å². The summed E-state index contributed by atoms with van der Waals surface area (Å²) in [5.74, 6) is 7.65. The van der Waals surface area contributed by atoms with Gasteiger partial charge in [-0.1, -0.05) is 211 Å². The molecule has 0 radical (unpaired) electrons. The molecular weight excluding hydrogens is 1700 g/mol. The Hall–Kier alpha value is -17.7. The standard InChI is InChI=1S/C35H23N5.C32H33N5.C26H21N5.C25H19N5/c1-23-16-19-31-29(20-23)28-14-8-9-15-30(28)40(31)32-21-26(17-18-27(32)22-36)35-38-33(24-10-4-2-5-11-24)37-34(39-35)25-12-6-3-7-13-25;1-19-34-20(2)36-30(35-19)21-9-10-22(18-33)27(15-21)37-28-16-23(31(3,4)5)11-13-25(28)26-14-12-24(17-29(26)37)32(6,7)8;1-15-5-9-21-22-10-6-16(2)12-25(22)31(24(21)11-15)23-13-19(7-8-20(23)14-27)26-29-17(3)28-18(4)30-26;1-15-8-11-21-20-6-4-5-7-22(20)30(24(21)12-15)23-13-18(9-10-19(23)14-26)25-28-16(2)27-17(3)29-25/h2-21H,1H3;9-17H,1-8H3;5-13H,1-4H3;4-13H,1-3H3. The number of rotatable bonds is 10. The van der Waals surface area contributed by atoms with Gasteiger partial charge >= 0.3 is 0 Å². The lowest BCUT2D eigenvalue weighted by Crippen LogP contribution is -2.11. The topological polar surface area (TPSA) is 270 Å². The highest BCUT2D eigenvalue weighted by Crippen LogP contribution is 2.43. The molecule has 0 aliphatic carbocycles. The third-order valence-electron chi connectivity index (χ3n) is 25.0. The Balaban J connectivity index is 0.000000118. The number of nitriles is 4. The van der Waals surface area contributed by atoms with Crippen molar-refractivity contribution < 1.29 is 0 Å². The summed E-state index contributed by atoms with van der Waals surface area (Å²) < 4.78 is 8.77. The van der Waals surface area contributed by atoms with Crippen molar-refractivity contribution in [2.45, 2.75) is 122 Å². The zero-order valence-electron chi connectivity index (χ0n) is 79.7. The van der Waals surface area contributed by atoms with Crippen LogP contribution in [0.3, 0.4) is 0 Å². The number of hydrogen-bond donors (Lipinski definition) is 0. The molecule has 0 bridgehead atoms. The van der Waals surface area contributed by atoms with E-state index in [1.54, 1.807) is 0 Å². The lowest BCUT2D eigenvalue weighted by molar-refractivity contribution is 0.591. The Kier molecular flexibility index (Phi) is 23.6. The molecule has 20 nitrogen and oxygen atoms in total. The van der Waals surface area contributed by atoms with Crippen molar-refractivity contribution in [3.63, 3.8) is 0 Å². The Labute approximate surface area is 800 Å². The summed E-state index contributed by atoms with van der Waals surface area (Å²) in [5, 5.41) is 49.4. The minimum atomic E-state index is -0.00805. The van der Waals surface area contributed by atoms with Gasteiger partial charge in [-0.3, -0.25) is 0 Å². The first-order valence-electron chi connectivity index (χ1n) is 45.8. The molecule has 0 unspecified atom stereocenters. The molecule has 8 aromatic heterocycles. The Morgan fingerprint density at radius 1 is 0.196 bits per heavy atom. The van der Waals surface area contributed by atoms with Crippen molar-refractivity contribution in [1.82, 2.24) is 78.1 Å². The number of benzene rings is 14. The third-order valence-corrected chi connectivity index (χ3v) is 25.0. The minimum absolute atomic E-state index is 0.00805. The average molecular weight is 1790 g/mol. The van der Waals surface area contributed by atoms with Crippen molar-refractivity contribution in [2.75, 3.05) is 0 Å². The van der Waals surface area contributed by atoms with E-state index >= 15 is 0 Å². The van der Waals surface area contributed by atoms with Crippen LogP contribution in [0, 0.1) is 115 Å². The molecule has 0 spiro atoms. The molecule has 138 heavy (non-hydrogen) atoms. The van der Waals surface area contributed by atoms with Crippen molar-refractivity contribution in [1.29, 1.82) is 21.0 Å². The molecule has 668 valence electrons. The van der Waals surface area contributed by atoms with Crippen LogP contribution in [-0.2, 0) is 10.8 Å². The van der Waals surface area contributed by atoms with Crippen LogP contribution in [0.2, 0.25) is 0 Å². The van der Waals surface area contributed by atoms with Crippen LogP contribution < -0.4 is 0 Å². The number of para-hydroxylation sites is 2. The second-order valence-electron chi connectivity index (χ2n) is 37.1. The SMILES string of the molecule is Cc1ccc2c(c1)c1ccccc1n2-c1cc(-c2nc(-c3ccccc3)nc(-c3ccccc3)n2)ccc1C#N.Cc1ccc2c3ccc(C)cc3n(-c3cc(-c4nc(C)nc(C)n4)ccc3C#N)c2c1.Cc1ccc2c3ccccc3n(-c3cc(-c4nc(C)nc(C)n4)ccc3C#N)c2c1.Cc1nc(C)nc(-c2ccc(C#N)c(-n3c4cc(C(C)(C)C)ccc4c4ccc(C(C)(C)C)cc43)c2)n1. The Morgan fingerprint density at radius 3 is 0.754 bits per heavy atom. The lowest BCUT2D eigenvalue weighted by Gasteiger charge is -2.20. The smallest absolute Gasteiger partial charge is 0.164 e. The summed E-state index contributed by atoms with van der Waals surface area (Å²) in [4.78, 5) is 54.7. The largest absolute Gasteiger partial charge is 0.308 e. The number of nitrogens with zero attached hydrogens (tertiary/aromatic N) is 20. The van der Waals surface area contributed by atoms with Crippen LogP contribution in [0.1, 0.15) is 132 Å². The molecule has 0 fully saturated rings. The highest BCUT2D eigenvalue weighted by Gasteiger charge is 2.27. The molecule has 14 aromatic carbocycles. The summed E-state index contributed by atoms with van der Waals surface area (Å²) >= 11 is 0. The van der Waals surface area contributed by atoms with Gasteiger partial charge in [0.1, 0.15) is 59.2 Å². The highest BCUT2D eigenvalue weighted by atomic mass is 15.1. The minimum Gasteiger partial charge on any atom is -0.308 e. The fraction of sp³-hybridized carbons (Fsp3) is 0.153. The second-order valence-corrected chi connectivity index (χ2v) is 37.1. The van der Waals surface area contributed by atoms with Gasteiger partial charge in [0.15, 0.2) is 34.9 Å². The van der Waals surface area contributed by atoms with E-state index in [4.69, 9.17) is 15.0 Å². The Morgan fingerprint density at radius 2 is 0.435 bits per heavy atom. The predicted octanol–water partition coefficient (Wildman–Crippen LogP) is 27.0. The number of aryl methyl sites for hydroxylation is 10. The molecule has 0 amide bonds. The maximum atomic E-state index is 10.2. The van der Waals surface area contributed by atoms with Gasteiger partial charge < -0.3 is 18.3 Å². The zero-order valence-corrected chi connectivity index (χ0v) is 79.7. The van der Waals surface area contributed by atoms with Crippen LogP contribution in [0.5, 0.6) is 0 Å². The van der Waals surface area contributed by atoms with Crippen LogP contribution in [-0.4, -0.2) is 78.1 Å². The molecule has 22 aromatic rings. The fourth-order valence-electron chi connectivity index (χ4n) is 18.4. The van der Waals surface area contributed by atoms with E-state index in [1.165, 1.54) is 54.9 Å². The van der Waals surface area contributed by atoms with Crippen LogP contribution in [0.25, 0.3) is 178 Å². The van der Waals surface area contributed by atoms with Crippen LogP contribution >= 0.6 is 0 Å². The van der Waals surface area contributed by atoms with Gasteiger partial charge in [-0.05, 0) is 235 Å². The van der Waals surface area contributed by atoms with Gasteiger partial charge in [0, 0.05) is 76.5 Å². The van der Waals surface area contributed by atoms with Gasteiger partial charge in [0.05, 0.1) is 89.1 Å². The monoisotopic (exact) mass is 1790 g/mol. The molecule has 0 atom stereocenters. The maximum Gasteiger partial charge on any atom is 0.164 e. The van der Waals surface area contributed by atoms with Crippen molar-refractivity contribution in [2.24, 2.45) is 0 Å². The summed E-state index contributed by atoms with van der Waals surface area (Å²) in [7, 11) is 0. The first kappa shape index (κ1) is 89.5. The summed E-state index contributed by atoms with van der Waals surface area (Å²) in [6.07, 6.45) is 0. The molecule has 8 heterocycles. The molecule has 0 aliphatic heterocycles. The van der Waals surface area contributed by atoms with E-state index in [2.05, 4.69) is 296 Å². The summed E-state index contributed by atoms with van der Waals surface area (Å²) in [6, 6.07) is 108. The fourth-order valence-corrected chi connectivity index (χ4v) is 18.4. The van der Waals surface area contributed by atoms with E-state index in [-0.39, 0.29) is 10.8 Å². The average Bonchev–Trinajstić information content (AvgIpc) is 1.58. The van der Waals surface area contributed by atoms with Crippen molar-refractivity contribution in [3.05, 3.63) is 382 Å². The van der Waals surface area contributed by atoms with E-state index < -0.39 is 0 Å². The zero-order chi connectivity index (χ0) is 96.3. The molecule has 22 rings (SSSR count). The lowest BCUT2D eigenvalue weighted by atomic mass is 9.86. The normalized spacial score (nSPS) is 11.4. The van der Waals surface area contributed by atoms with Gasteiger partial charge in [-0.25, -0.2) is 59.8 Å². The maximum absolute atomic E-state index is 10.2. The van der Waals surface area contributed by atoms with Gasteiger partial charge in [0.25, 0.3) is 0 Å². The summed E-state index contributed by atoms with van der Waals surface area (Å²) in [6.45, 7) is 32.9. The number of fused-ring (bicyclic) bond motifs is 12. The highest BCUT2D eigenvalue weighted by molar-refractivity contribution is 6.13. The van der Waals surface area contributed by atoms with E-state index in [9.17, 15) is 21.0 Å². The van der Waals surface area contributed by atoms with E-state index in [1.807, 2.05) is 193 Å².